The molecule has 0 bridgehead atoms. The summed E-state index contributed by atoms with van der Waals surface area (Å²) in [6.07, 6.45) is 1.68. The quantitative estimate of drug-likeness (QED) is 0.709. The maximum Gasteiger partial charge on any atom is 0.323 e. The Bertz CT molecular complexity index is 376. The molecule has 2 N–H and O–H groups in total. The third-order valence-corrected chi connectivity index (χ3v) is 3.28. The van der Waals surface area contributed by atoms with Gasteiger partial charge in [-0.05, 0) is 19.8 Å². The van der Waals surface area contributed by atoms with Crippen molar-refractivity contribution in [3.05, 3.63) is 0 Å². The Morgan fingerprint density at radius 3 is 2.72 bits per heavy atom. The van der Waals surface area contributed by atoms with Gasteiger partial charge in [-0.1, -0.05) is 0 Å². The fourth-order valence-corrected chi connectivity index (χ4v) is 2.09. The monoisotopic (exact) mass is 255 g/mol. The number of hydrogen-bond acceptors (Lipinski definition) is 3. The SMILES string of the molecule is CC1C(=O)NCCN1C(=O)N(CC(=O)O)C1CC1. The first-order valence-corrected chi connectivity index (χ1v) is 6.07. The first kappa shape index (κ1) is 12.7. The van der Waals surface area contributed by atoms with Crippen LogP contribution in [0.5, 0.6) is 0 Å². The molecule has 1 aliphatic carbocycles. The summed E-state index contributed by atoms with van der Waals surface area (Å²) in [6, 6.07) is -0.866. The number of amides is 3. The van der Waals surface area contributed by atoms with E-state index < -0.39 is 12.0 Å². The molecular formula is C11H17N3O4. The second-order valence-corrected chi connectivity index (χ2v) is 4.70. The maximum atomic E-state index is 12.3. The van der Waals surface area contributed by atoms with Crippen LogP contribution in [0.15, 0.2) is 0 Å². The molecule has 1 aliphatic heterocycles. The number of nitrogens with zero attached hydrogens (tertiary/aromatic N) is 2. The summed E-state index contributed by atoms with van der Waals surface area (Å²) in [4.78, 5) is 37.4. The first-order valence-electron chi connectivity index (χ1n) is 6.07. The average molecular weight is 255 g/mol. The Labute approximate surface area is 105 Å². The summed E-state index contributed by atoms with van der Waals surface area (Å²) in [5.74, 6) is -1.22. The molecule has 0 aromatic heterocycles. The minimum absolute atomic E-state index is 0.0192. The highest BCUT2D eigenvalue weighted by molar-refractivity contribution is 5.89. The van der Waals surface area contributed by atoms with Gasteiger partial charge in [0, 0.05) is 19.1 Å². The van der Waals surface area contributed by atoms with Crippen LogP contribution >= 0.6 is 0 Å². The minimum Gasteiger partial charge on any atom is -0.480 e. The van der Waals surface area contributed by atoms with Gasteiger partial charge in [0.05, 0.1) is 0 Å². The number of hydrogen-bond donors (Lipinski definition) is 2. The smallest absolute Gasteiger partial charge is 0.323 e. The summed E-state index contributed by atoms with van der Waals surface area (Å²) >= 11 is 0. The Hall–Kier alpha value is -1.79. The van der Waals surface area contributed by atoms with E-state index in [1.807, 2.05) is 0 Å². The number of nitrogens with one attached hydrogen (secondary N) is 1. The van der Waals surface area contributed by atoms with Crippen LogP contribution in [0.2, 0.25) is 0 Å². The van der Waals surface area contributed by atoms with E-state index in [1.165, 1.54) is 9.80 Å². The zero-order valence-electron chi connectivity index (χ0n) is 10.3. The highest BCUT2D eigenvalue weighted by Crippen LogP contribution is 2.28. The number of carbonyl (C=O) groups excluding carboxylic acids is 2. The van der Waals surface area contributed by atoms with Crippen molar-refractivity contribution in [2.45, 2.75) is 31.8 Å². The van der Waals surface area contributed by atoms with Gasteiger partial charge in [0.2, 0.25) is 5.91 Å². The van der Waals surface area contributed by atoms with E-state index in [1.54, 1.807) is 6.92 Å². The molecule has 2 rings (SSSR count). The Balaban J connectivity index is 2.07. The van der Waals surface area contributed by atoms with E-state index in [9.17, 15) is 14.4 Å². The van der Waals surface area contributed by atoms with Gasteiger partial charge in [-0.15, -0.1) is 0 Å². The zero-order chi connectivity index (χ0) is 13.3. The van der Waals surface area contributed by atoms with E-state index in [-0.39, 0.29) is 24.5 Å². The molecule has 1 saturated heterocycles. The fraction of sp³-hybridized carbons (Fsp3) is 0.727. The van der Waals surface area contributed by atoms with Crippen LogP contribution in [0.4, 0.5) is 4.79 Å². The van der Waals surface area contributed by atoms with Crippen molar-refractivity contribution in [1.82, 2.24) is 15.1 Å². The van der Waals surface area contributed by atoms with Crippen molar-refractivity contribution >= 4 is 17.9 Å². The first-order chi connectivity index (χ1) is 8.50. The van der Waals surface area contributed by atoms with Crippen LogP contribution in [-0.2, 0) is 9.59 Å². The molecule has 1 heterocycles. The largest absolute Gasteiger partial charge is 0.480 e. The summed E-state index contributed by atoms with van der Waals surface area (Å²) < 4.78 is 0. The summed E-state index contributed by atoms with van der Waals surface area (Å²) in [5.41, 5.74) is 0. The Morgan fingerprint density at radius 2 is 2.17 bits per heavy atom. The van der Waals surface area contributed by atoms with Gasteiger partial charge >= 0.3 is 12.0 Å². The molecule has 0 spiro atoms. The van der Waals surface area contributed by atoms with Crippen molar-refractivity contribution < 1.29 is 19.5 Å². The molecule has 7 nitrogen and oxygen atoms in total. The number of rotatable bonds is 3. The molecule has 1 atom stereocenters. The molecule has 0 radical (unpaired) electrons. The second-order valence-electron chi connectivity index (χ2n) is 4.70. The van der Waals surface area contributed by atoms with Crippen LogP contribution in [0.1, 0.15) is 19.8 Å². The summed E-state index contributed by atoms with van der Waals surface area (Å²) in [7, 11) is 0. The van der Waals surface area contributed by atoms with Gasteiger partial charge in [-0.3, -0.25) is 9.59 Å². The van der Waals surface area contributed by atoms with Crippen molar-refractivity contribution in [1.29, 1.82) is 0 Å². The lowest BCUT2D eigenvalue weighted by atomic mass is 10.2. The number of aliphatic carboxylic acids is 1. The van der Waals surface area contributed by atoms with Crippen molar-refractivity contribution in [3.8, 4) is 0 Å². The fourth-order valence-electron chi connectivity index (χ4n) is 2.09. The number of carbonyl (C=O) groups is 3. The predicted octanol–water partition coefficient (Wildman–Crippen LogP) is -0.524. The van der Waals surface area contributed by atoms with E-state index in [0.29, 0.717) is 13.1 Å². The van der Waals surface area contributed by atoms with E-state index in [4.69, 9.17) is 5.11 Å². The molecule has 3 amide bonds. The summed E-state index contributed by atoms with van der Waals surface area (Å²) in [6.45, 7) is 2.20. The third-order valence-electron chi connectivity index (χ3n) is 3.28. The number of carboxylic acid groups (broad SMARTS) is 1. The lowest BCUT2D eigenvalue weighted by Gasteiger charge is -2.36. The number of carboxylic acids is 1. The highest BCUT2D eigenvalue weighted by Gasteiger charge is 2.39. The van der Waals surface area contributed by atoms with Crippen LogP contribution in [-0.4, -0.2) is 64.5 Å². The van der Waals surface area contributed by atoms with Crippen molar-refractivity contribution in [2.75, 3.05) is 19.6 Å². The molecule has 1 unspecified atom stereocenters. The standard InChI is InChI=1S/C11H17N3O4/c1-7-10(17)12-4-5-13(7)11(18)14(6-9(15)16)8-2-3-8/h7-8H,2-6H2,1H3,(H,12,17)(H,15,16). The normalized spacial score (nSPS) is 23.5. The van der Waals surface area contributed by atoms with Crippen LogP contribution in [0, 0.1) is 0 Å². The topological polar surface area (TPSA) is 90.0 Å². The molecule has 0 aromatic carbocycles. The molecule has 1 saturated carbocycles. The Kier molecular flexibility index (Phi) is 3.40. The van der Waals surface area contributed by atoms with Gasteiger partial charge < -0.3 is 20.2 Å². The molecule has 0 aromatic rings. The maximum absolute atomic E-state index is 12.3. The van der Waals surface area contributed by atoms with Crippen LogP contribution in [0.3, 0.4) is 0 Å². The second kappa shape index (κ2) is 4.83. The summed E-state index contributed by atoms with van der Waals surface area (Å²) in [5, 5.41) is 11.5. The lowest BCUT2D eigenvalue weighted by molar-refractivity contribution is -0.138. The molecule has 2 fully saturated rings. The predicted molar refractivity (Wildman–Crippen MR) is 61.9 cm³/mol. The average Bonchev–Trinajstić information content (AvgIpc) is 3.12. The van der Waals surface area contributed by atoms with E-state index in [2.05, 4.69) is 5.32 Å². The van der Waals surface area contributed by atoms with Crippen molar-refractivity contribution in [3.63, 3.8) is 0 Å². The van der Waals surface area contributed by atoms with Gasteiger partial charge in [0.15, 0.2) is 0 Å². The molecular weight excluding hydrogens is 238 g/mol. The number of piperazine rings is 1. The van der Waals surface area contributed by atoms with Gasteiger partial charge in [0.25, 0.3) is 0 Å². The van der Waals surface area contributed by atoms with Gasteiger partial charge in [-0.25, -0.2) is 4.79 Å². The van der Waals surface area contributed by atoms with E-state index >= 15 is 0 Å². The van der Waals surface area contributed by atoms with Crippen molar-refractivity contribution in [2.24, 2.45) is 0 Å². The molecule has 2 aliphatic rings. The number of urea groups is 1. The molecule has 18 heavy (non-hydrogen) atoms. The Morgan fingerprint density at radius 1 is 1.50 bits per heavy atom. The zero-order valence-corrected chi connectivity index (χ0v) is 10.3. The van der Waals surface area contributed by atoms with E-state index in [0.717, 1.165) is 12.8 Å². The minimum atomic E-state index is -1.02. The van der Waals surface area contributed by atoms with Gasteiger partial charge in [0.1, 0.15) is 12.6 Å². The van der Waals surface area contributed by atoms with Crippen LogP contribution in [0.25, 0.3) is 0 Å². The third kappa shape index (κ3) is 2.55. The highest BCUT2D eigenvalue weighted by atomic mass is 16.4. The molecule has 100 valence electrons. The lowest BCUT2D eigenvalue weighted by Crippen LogP contribution is -2.59. The van der Waals surface area contributed by atoms with Crippen LogP contribution < -0.4 is 5.32 Å². The molecule has 7 heteroatoms. The van der Waals surface area contributed by atoms with Gasteiger partial charge in [-0.2, -0.15) is 0 Å².